The maximum absolute atomic E-state index is 12.3. The van der Waals surface area contributed by atoms with Crippen LogP contribution in [0.3, 0.4) is 0 Å². The molecule has 1 atom stereocenters. The maximum atomic E-state index is 12.3. The molecule has 1 aromatic heterocycles. The molecule has 6 nitrogen and oxygen atoms in total. The highest BCUT2D eigenvalue weighted by molar-refractivity contribution is 6.00. The summed E-state index contributed by atoms with van der Waals surface area (Å²) in [5.74, 6) is 0.999. The van der Waals surface area contributed by atoms with Gasteiger partial charge in [-0.3, -0.25) is 4.99 Å². The molecule has 0 aliphatic carbocycles. The third kappa shape index (κ3) is 4.53. The minimum Gasteiger partial charge on any atom is -0.444 e. The van der Waals surface area contributed by atoms with E-state index in [1.54, 1.807) is 4.90 Å². The predicted molar refractivity (Wildman–Crippen MR) is 113 cm³/mol. The Bertz CT molecular complexity index is 943. The number of nitrogens with zero attached hydrogens (tertiary/aromatic N) is 4. The largest absolute Gasteiger partial charge is 0.444 e. The summed E-state index contributed by atoms with van der Waals surface area (Å²) in [7, 11) is 0. The molecule has 0 saturated carbocycles. The molecular weight excluding hydrogens is 364 g/mol. The number of rotatable bonds is 3. The highest BCUT2D eigenvalue weighted by Crippen LogP contribution is 2.30. The molecule has 0 N–H and O–H groups in total. The minimum absolute atomic E-state index is 0.239. The van der Waals surface area contributed by atoms with Gasteiger partial charge in [-0.2, -0.15) is 0 Å². The van der Waals surface area contributed by atoms with Crippen LogP contribution >= 0.6 is 0 Å². The molecule has 3 heterocycles. The van der Waals surface area contributed by atoms with Gasteiger partial charge < -0.3 is 9.64 Å². The summed E-state index contributed by atoms with van der Waals surface area (Å²) < 4.78 is 5.49. The van der Waals surface area contributed by atoms with Crippen LogP contribution in [-0.4, -0.2) is 45.4 Å². The quantitative estimate of drug-likeness (QED) is 0.769. The van der Waals surface area contributed by atoms with Crippen LogP contribution in [0.5, 0.6) is 0 Å². The molecule has 1 aromatic carbocycles. The first-order valence-corrected chi connectivity index (χ1v) is 10.0. The Morgan fingerprint density at radius 1 is 1.10 bits per heavy atom. The number of carbonyl (C=O) groups is 1. The highest BCUT2D eigenvalue weighted by Gasteiger charge is 2.33. The number of hydrogen-bond donors (Lipinski definition) is 0. The zero-order valence-electron chi connectivity index (χ0n) is 17.1. The van der Waals surface area contributed by atoms with E-state index in [1.807, 2.05) is 69.7 Å². The van der Waals surface area contributed by atoms with Crippen LogP contribution in [0.25, 0.3) is 17.0 Å². The van der Waals surface area contributed by atoms with Gasteiger partial charge in [0.25, 0.3) is 0 Å². The topological polar surface area (TPSA) is 67.7 Å². The molecule has 6 heteroatoms. The Labute approximate surface area is 171 Å². The third-order valence-corrected chi connectivity index (χ3v) is 5.12. The molecule has 4 rings (SSSR count). The van der Waals surface area contributed by atoms with Crippen molar-refractivity contribution in [3.8, 4) is 11.4 Å². The Hall–Kier alpha value is -3.02. The summed E-state index contributed by atoms with van der Waals surface area (Å²) in [6.45, 7) is 7.05. The fourth-order valence-corrected chi connectivity index (χ4v) is 3.63. The number of carbonyl (C=O) groups excluding carboxylic acids is 1. The van der Waals surface area contributed by atoms with Crippen molar-refractivity contribution in [2.75, 3.05) is 13.1 Å². The molecule has 0 spiro atoms. The molecule has 1 fully saturated rings. The van der Waals surface area contributed by atoms with E-state index >= 15 is 0 Å². The van der Waals surface area contributed by atoms with Gasteiger partial charge in [-0.25, -0.2) is 14.8 Å². The second-order valence-corrected chi connectivity index (χ2v) is 8.52. The second-order valence-electron chi connectivity index (χ2n) is 8.52. The molecule has 1 saturated heterocycles. The van der Waals surface area contributed by atoms with Crippen LogP contribution in [0.4, 0.5) is 4.79 Å². The number of aliphatic imine (C=N–C) groups is 1. The van der Waals surface area contributed by atoms with E-state index in [0.717, 1.165) is 41.1 Å². The van der Waals surface area contributed by atoms with Gasteiger partial charge in [-0.05, 0) is 32.8 Å². The van der Waals surface area contributed by atoms with Gasteiger partial charge in [0, 0.05) is 60.9 Å². The van der Waals surface area contributed by atoms with Crippen molar-refractivity contribution in [2.24, 2.45) is 10.9 Å². The van der Waals surface area contributed by atoms with Crippen LogP contribution < -0.4 is 0 Å². The van der Waals surface area contributed by atoms with Crippen molar-refractivity contribution in [3.63, 3.8) is 0 Å². The van der Waals surface area contributed by atoms with E-state index < -0.39 is 5.60 Å². The maximum Gasteiger partial charge on any atom is 0.410 e. The molecule has 1 amide bonds. The SMILES string of the molecule is CC(C)(C)OC(=O)N1CCC(C2=NC=C(c3cnc(-c4ccccc4)nc3)C2)C1. The van der Waals surface area contributed by atoms with Crippen molar-refractivity contribution in [1.29, 1.82) is 0 Å². The van der Waals surface area contributed by atoms with Crippen LogP contribution in [0.15, 0.2) is 53.9 Å². The van der Waals surface area contributed by atoms with Crippen LogP contribution in [0.1, 0.15) is 39.2 Å². The summed E-state index contributed by atoms with van der Waals surface area (Å²) in [5, 5.41) is 0. The van der Waals surface area contributed by atoms with Gasteiger partial charge in [0.15, 0.2) is 5.82 Å². The zero-order chi connectivity index (χ0) is 20.4. The fraction of sp³-hybridized carbons (Fsp3) is 0.391. The smallest absolute Gasteiger partial charge is 0.410 e. The highest BCUT2D eigenvalue weighted by atomic mass is 16.6. The molecule has 29 heavy (non-hydrogen) atoms. The number of ether oxygens (including phenoxy) is 1. The second kappa shape index (κ2) is 7.78. The molecule has 2 aliphatic rings. The van der Waals surface area contributed by atoms with Gasteiger partial charge in [0.2, 0.25) is 0 Å². The van der Waals surface area contributed by atoms with Crippen molar-refractivity contribution in [3.05, 3.63) is 54.5 Å². The molecule has 0 bridgehead atoms. The molecule has 150 valence electrons. The van der Waals surface area contributed by atoms with Crippen LogP contribution in [-0.2, 0) is 4.74 Å². The summed E-state index contributed by atoms with van der Waals surface area (Å²) in [6.07, 6.45) is 7.09. The molecular formula is C23H26N4O2. The number of allylic oxidation sites excluding steroid dienone is 1. The van der Waals surface area contributed by atoms with E-state index in [4.69, 9.17) is 4.74 Å². The normalized spacial score (nSPS) is 19.1. The number of likely N-dealkylation sites (tertiary alicyclic amines) is 1. The lowest BCUT2D eigenvalue weighted by Crippen LogP contribution is -2.35. The lowest BCUT2D eigenvalue weighted by molar-refractivity contribution is 0.0292. The van der Waals surface area contributed by atoms with Crippen LogP contribution in [0, 0.1) is 5.92 Å². The number of aromatic nitrogens is 2. The van der Waals surface area contributed by atoms with Gasteiger partial charge in [-0.1, -0.05) is 30.3 Å². The number of hydrogen-bond acceptors (Lipinski definition) is 5. The predicted octanol–water partition coefficient (Wildman–Crippen LogP) is 4.59. The van der Waals surface area contributed by atoms with E-state index in [0.29, 0.717) is 13.1 Å². The van der Waals surface area contributed by atoms with Crippen molar-refractivity contribution >= 4 is 17.4 Å². The average molecular weight is 390 g/mol. The fourth-order valence-electron chi connectivity index (χ4n) is 3.63. The van der Waals surface area contributed by atoms with Gasteiger partial charge in [-0.15, -0.1) is 0 Å². The van der Waals surface area contributed by atoms with Gasteiger partial charge in [0.1, 0.15) is 5.60 Å². The van der Waals surface area contributed by atoms with Crippen molar-refractivity contribution < 1.29 is 9.53 Å². The van der Waals surface area contributed by atoms with E-state index in [1.165, 1.54) is 0 Å². The molecule has 1 unspecified atom stereocenters. The summed E-state index contributed by atoms with van der Waals surface area (Å²) in [6, 6.07) is 9.94. The van der Waals surface area contributed by atoms with E-state index in [-0.39, 0.29) is 12.0 Å². The molecule has 2 aliphatic heterocycles. The van der Waals surface area contributed by atoms with E-state index in [2.05, 4.69) is 15.0 Å². The summed E-state index contributed by atoms with van der Waals surface area (Å²) in [4.78, 5) is 27.7. The van der Waals surface area contributed by atoms with E-state index in [9.17, 15) is 4.79 Å². The van der Waals surface area contributed by atoms with Gasteiger partial charge in [0.05, 0.1) is 0 Å². The summed E-state index contributed by atoms with van der Waals surface area (Å²) >= 11 is 0. The summed E-state index contributed by atoms with van der Waals surface area (Å²) in [5.41, 5.74) is 3.77. The first-order valence-electron chi connectivity index (χ1n) is 10.0. The third-order valence-electron chi connectivity index (χ3n) is 5.12. The lowest BCUT2D eigenvalue weighted by atomic mass is 9.96. The first-order chi connectivity index (χ1) is 13.9. The Morgan fingerprint density at radius 3 is 2.52 bits per heavy atom. The number of benzene rings is 1. The first kappa shape index (κ1) is 19.3. The zero-order valence-corrected chi connectivity index (χ0v) is 17.1. The molecule has 2 aromatic rings. The average Bonchev–Trinajstić information content (AvgIpc) is 3.37. The van der Waals surface area contributed by atoms with Crippen molar-refractivity contribution in [2.45, 2.75) is 39.2 Å². The lowest BCUT2D eigenvalue weighted by Gasteiger charge is -2.24. The Balaban J connectivity index is 1.35. The number of amides is 1. The molecule has 0 radical (unpaired) electrons. The monoisotopic (exact) mass is 390 g/mol. The van der Waals surface area contributed by atoms with Crippen LogP contribution in [0.2, 0.25) is 0 Å². The standard InChI is InChI=1S/C23H26N4O2/c1-23(2,3)29-22(28)27-10-9-17(15-27)20-11-18(12-24-20)19-13-25-21(26-14-19)16-7-5-4-6-8-16/h4-8,12-14,17H,9-11,15H2,1-3H3. The van der Waals surface area contributed by atoms with Gasteiger partial charge >= 0.3 is 6.09 Å². The Kier molecular flexibility index (Phi) is 5.18. The van der Waals surface area contributed by atoms with Crippen molar-refractivity contribution in [1.82, 2.24) is 14.9 Å². The minimum atomic E-state index is -0.472. The Morgan fingerprint density at radius 2 is 1.83 bits per heavy atom.